The summed E-state index contributed by atoms with van der Waals surface area (Å²) >= 11 is 0. The molecule has 10 heteroatoms. The highest BCUT2D eigenvalue weighted by Crippen LogP contribution is 2.29. The van der Waals surface area contributed by atoms with Crippen molar-refractivity contribution in [3.8, 4) is 22.9 Å². The first kappa shape index (κ1) is 28.7. The molecule has 0 aliphatic heterocycles. The molecule has 0 saturated heterocycles. The maximum atomic E-state index is 15.4. The minimum Gasteiger partial charge on any atom is -0.496 e. The summed E-state index contributed by atoms with van der Waals surface area (Å²) < 4.78 is 49.1. The highest BCUT2D eigenvalue weighted by molar-refractivity contribution is 5.92. The number of carbonyl (C=O) groups is 1. The number of halogens is 2. The van der Waals surface area contributed by atoms with Crippen molar-refractivity contribution in [1.29, 1.82) is 0 Å². The van der Waals surface area contributed by atoms with Gasteiger partial charge in [0.1, 0.15) is 29.8 Å². The predicted molar refractivity (Wildman–Crippen MR) is 153 cm³/mol. The average Bonchev–Trinajstić information content (AvgIpc) is 3.33. The summed E-state index contributed by atoms with van der Waals surface area (Å²) in [5.74, 6) is -0.945. The molecule has 3 aromatic carbocycles. The molecule has 0 radical (unpaired) electrons. The van der Waals surface area contributed by atoms with Crippen LogP contribution in [0.1, 0.15) is 32.9 Å². The first-order valence-electron chi connectivity index (χ1n) is 13.2. The number of hydrogen-bond acceptors (Lipinski definition) is 6. The van der Waals surface area contributed by atoms with Crippen LogP contribution in [0, 0.1) is 18.6 Å². The number of fused-ring (bicyclic) bond motifs is 1. The van der Waals surface area contributed by atoms with E-state index in [1.165, 1.54) is 12.1 Å². The monoisotopic (exact) mass is 573 g/mol. The van der Waals surface area contributed by atoms with E-state index in [2.05, 4.69) is 9.97 Å². The van der Waals surface area contributed by atoms with Gasteiger partial charge in [0.05, 0.1) is 36.0 Å². The van der Waals surface area contributed by atoms with Gasteiger partial charge in [-0.2, -0.15) is 0 Å². The van der Waals surface area contributed by atoms with Crippen molar-refractivity contribution in [2.45, 2.75) is 26.5 Å². The Hall–Kier alpha value is -4.83. The van der Waals surface area contributed by atoms with E-state index >= 15 is 8.78 Å². The number of pyridine rings is 1. The molecule has 5 aromatic rings. The number of rotatable bonds is 11. The van der Waals surface area contributed by atoms with Gasteiger partial charge in [-0.1, -0.05) is 18.2 Å². The van der Waals surface area contributed by atoms with Crippen LogP contribution in [0.25, 0.3) is 22.3 Å². The fourth-order valence-corrected chi connectivity index (χ4v) is 4.73. The molecule has 2 heterocycles. The molecule has 0 atom stereocenters. The number of carboxylic acids is 1. The molecule has 8 nitrogen and oxygen atoms in total. The smallest absolute Gasteiger partial charge is 0.335 e. The third kappa shape index (κ3) is 6.08. The number of carboxylic acid groups (broad SMARTS) is 1. The van der Waals surface area contributed by atoms with E-state index in [1.807, 2.05) is 25.1 Å². The predicted octanol–water partition coefficient (Wildman–Crippen LogP) is 6.21. The van der Waals surface area contributed by atoms with Crippen LogP contribution >= 0.6 is 0 Å². The van der Waals surface area contributed by atoms with Crippen LogP contribution in [0.15, 0.2) is 66.7 Å². The minimum atomic E-state index is -1.07. The summed E-state index contributed by atoms with van der Waals surface area (Å²) in [6, 6.07) is 17.5. The van der Waals surface area contributed by atoms with Gasteiger partial charge in [0.25, 0.3) is 0 Å². The molecule has 0 unspecified atom stereocenters. The Morgan fingerprint density at radius 3 is 2.55 bits per heavy atom. The van der Waals surface area contributed by atoms with Gasteiger partial charge < -0.3 is 23.9 Å². The SMILES string of the molecule is COCCn1c(Cc2cc(F)c(-c3cccc(OCc4ccc(C)cc4OC)n3)cc2F)nc2ccc(C(=O)O)cc21. The third-order valence-corrected chi connectivity index (χ3v) is 6.90. The Morgan fingerprint density at radius 2 is 1.79 bits per heavy atom. The molecule has 0 fully saturated rings. The van der Waals surface area contributed by atoms with Crippen molar-refractivity contribution < 1.29 is 32.9 Å². The zero-order valence-corrected chi connectivity index (χ0v) is 23.4. The van der Waals surface area contributed by atoms with Crippen molar-refractivity contribution in [1.82, 2.24) is 14.5 Å². The van der Waals surface area contributed by atoms with E-state index in [9.17, 15) is 9.90 Å². The van der Waals surface area contributed by atoms with Gasteiger partial charge in [-0.25, -0.2) is 23.5 Å². The quantitative estimate of drug-likeness (QED) is 0.201. The minimum absolute atomic E-state index is 0.00592. The molecule has 1 N–H and O–H groups in total. The summed E-state index contributed by atoms with van der Waals surface area (Å²) in [5, 5.41) is 9.41. The average molecular weight is 574 g/mol. The molecule has 0 amide bonds. The van der Waals surface area contributed by atoms with Gasteiger partial charge >= 0.3 is 5.97 Å². The van der Waals surface area contributed by atoms with E-state index in [0.29, 0.717) is 35.8 Å². The van der Waals surface area contributed by atoms with Gasteiger partial charge in [0.15, 0.2) is 0 Å². The van der Waals surface area contributed by atoms with Crippen LogP contribution in [0.5, 0.6) is 11.6 Å². The number of benzene rings is 3. The Labute approximate surface area is 241 Å². The molecule has 216 valence electrons. The van der Waals surface area contributed by atoms with E-state index < -0.39 is 17.6 Å². The van der Waals surface area contributed by atoms with Crippen LogP contribution in [0.3, 0.4) is 0 Å². The lowest BCUT2D eigenvalue weighted by Crippen LogP contribution is -2.10. The summed E-state index contributed by atoms with van der Waals surface area (Å²) in [7, 11) is 3.13. The van der Waals surface area contributed by atoms with Crippen molar-refractivity contribution >= 4 is 17.0 Å². The van der Waals surface area contributed by atoms with Crippen LogP contribution in [0.2, 0.25) is 0 Å². The molecule has 0 saturated carbocycles. The highest BCUT2D eigenvalue weighted by atomic mass is 19.1. The third-order valence-electron chi connectivity index (χ3n) is 6.90. The summed E-state index contributed by atoms with van der Waals surface area (Å²) in [6.07, 6.45) is -0.0151. The number of hydrogen-bond donors (Lipinski definition) is 1. The first-order valence-corrected chi connectivity index (χ1v) is 13.2. The van der Waals surface area contributed by atoms with Crippen LogP contribution in [-0.2, 0) is 24.3 Å². The van der Waals surface area contributed by atoms with Crippen LogP contribution < -0.4 is 9.47 Å². The Balaban J connectivity index is 1.41. The normalized spacial score (nSPS) is 11.2. The van der Waals surface area contributed by atoms with Crippen LogP contribution in [-0.4, -0.2) is 46.4 Å². The zero-order valence-electron chi connectivity index (χ0n) is 23.4. The molecule has 0 bridgehead atoms. The second-order valence-corrected chi connectivity index (χ2v) is 9.75. The fraction of sp³-hybridized carbons (Fsp3) is 0.219. The maximum absolute atomic E-state index is 15.4. The molecule has 5 rings (SSSR count). The molecule has 0 spiro atoms. The lowest BCUT2D eigenvalue weighted by molar-refractivity contribution is 0.0697. The second-order valence-electron chi connectivity index (χ2n) is 9.75. The highest BCUT2D eigenvalue weighted by Gasteiger charge is 2.18. The van der Waals surface area contributed by atoms with E-state index in [1.54, 1.807) is 43.1 Å². The Morgan fingerprint density at radius 1 is 0.952 bits per heavy atom. The van der Waals surface area contributed by atoms with Gasteiger partial charge in [0, 0.05) is 37.3 Å². The van der Waals surface area contributed by atoms with Crippen molar-refractivity contribution in [3.63, 3.8) is 0 Å². The number of aryl methyl sites for hydroxylation is 1. The molecule has 42 heavy (non-hydrogen) atoms. The molecular weight excluding hydrogens is 544 g/mol. The standard InChI is InChI=1S/C32H29F2N3O5/c1-19-7-8-21(29(13-19)41-3)18-42-31-6-4-5-26(36-31)23-17-24(33)22(14-25(23)34)16-30-35-27-10-9-20(32(38)39)15-28(27)37(30)11-12-40-2/h4-10,13-15,17H,11-12,16,18H2,1-3H3,(H,38,39). The van der Waals surface area contributed by atoms with Crippen molar-refractivity contribution in [2.24, 2.45) is 0 Å². The summed E-state index contributed by atoms with van der Waals surface area (Å²) in [5.41, 5.74) is 3.42. The number of aromatic nitrogens is 3. The molecule has 0 aliphatic carbocycles. The number of aromatic carboxylic acids is 1. The van der Waals surface area contributed by atoms with Crippen molar-refractivity contribution in [2.75, 3.05) is 20.8 Å². The van der Waals surface area contributed by atoms with Crippen LogP contribution in [0.4, 0.5) is 8.78 Å². The second kappa shape index (κ2) is 12.4. The summed E-state index contributed by atoms with van der Waals surface area (Å²) in [4.78, 5) is 20.5. The maximum Gasteiger partial charge on any atom is 0.335 e. The number of ether oxygens (including phenoxy) is 3. The molecule has 0 aliphatic rings. The van der Waals surface area contributed by atoms with Gasteiger partial charge in [0.2, 0.25) is 5.88 Å². The first-order chi connectivity index (χ1) is 20.3. The van der Waals surface area contributed by atoms with Gasteiger partial charge in [-0.3, -0.25) is 0 Å². The van der Waals surface area contributed by atoms with E-state index in [-0.39, 0.29) is 41.3 Å². The lowest BCUT2D eigenvalue weighted by Gasteiger charge is -2.12. The Kier molecular flexibility index (Phi) is 8.44. The molecular formula is C32H29F2N3O5. The number of nitrogens with zero attached hydrogens (tertiary/aromatic N) is 3. The summed E-state index contributed by atoms with van der Waals surface area (Å²) in [6.45, 7) is 2.84. The van der Waals surface area contributed by atoms with Crippen molar-refractivity contribution in [3.05, 3.63) is 106 Å². The molecule has 2 aromatic heterocycles. The number of methoxy groups -OCH3 is 2. The topological polar surface area (TPSA) is 95.7 Å². The zero-order chi connectivity index (χ0) is 29.8. The van der Waals surface area contributed by atoms with Gasteiger partial charge in [-0.05, 0) is 60.5 Å². The number of imidazole rings is 1. The fourth-order valence-electron chi connectivity index (χ4n) is 4.73. The van der Waals surface area contributed by atoms with E-state index in [4.69, 9.17) is 14.2 Å². The Bertz CT molecular complexity index is 1770. The van der Waals surface area contributed by atoms with Gasteiger partial charge in [-0.15, -0.1) is 0 Å². The largest absolute Gasteiger partial charge is 0.496 e. The lowest BCUT2D eigenvalue weighted by atomic mass is 10.0. The van der Waals surface area contributed by atoms with E-state index in [0.717, 1.165) is 23.3 Å².